The minimum absolute atomic E-state index is 0.000679. The smallest absolute Gasteiger partial charge is 0.325 e. The molecule has 3 amide bonds. The van der Waals surface area contributed by atoms with Crippen LogP contribution in [0.3, 0.4) is 0 Å². The molecule has 0 aromatic rings. The topological polar surface area (TPSA) is 83.6 Å². The number of hydrogen-bond acceptors (Lipinski definition) is 4. The van der Waals surface area contributed by atoms with E-state index in [9.17, 15) is 18.0 Å². The van der Waals surface area contributed by atoms with Crippen molar-refractivity contribution in [3.63, 3.8) is 0 Å². The quantitative estimate of drug-likeness (QED) is 0.747. The maximum Gasteiger partial charge on any atom is 0.325 e. The van der Waals surface area contributed by atoms with Crippen LogP contribution in [-0.2, 0) is 14.6 Å². The van der Waals surface area contributed by atoms with Gasteiger partial charge in [0.05, 0.1) is 5.75 Å². The first-order valence-electron chi connectivity index (χ1n) is 6.20. The maximum atomic E-state index is 12.1. The molecule has 1 aliphatic heterocycles. The minimum atomic E-state index is -3.11. The summed E-state index contributed by atoms with van der Waals surface area (Å²) in [6, 6.07) is -1.04. The standard InChI is InChI=1S/C11H18N2O4S/c1-18(16,17)7-6-9-10(14)13(11(15)12-9)8-4-2-3-5-8/h8-9H,2-7H2,1H3,(H,12,15). The van der Waals surface area contributed by atoms with Gasteiger partial charge >= 0.3 is 6.03 Å². The van der Waals surface area contributed by atoms with Crippen molar-refractivity contribution < 1.29 is 18.0 Å². The monoisotopic (exact) mass is 274 g/mol. The Labute approximate surface area is 107 Å². The largest absolute Gasteiger partial charge is 0.326 e. The van der Waals surface area contributed by atoms with Crippen molar-refractivity contribution in [2.45, 2.75) is 44.2 Å². The highest BCUT2D eigenvalue weighted by Gasteiger charge is 2.42. The molecular formula is C11H18N2O4S. The third-order valence-electron chi connectivity index (χ3n) is 3.52. The molecule has 1 unspecified atom stereocenters. The van der Waals surface area contributed by atoms with E-state index >= 15 is 0 Å². The van der Waals surface area contributed by atoms with Gasteiger partial charge in [-0.1, -0.05) is 12.8 Å². The molecule has 0 aromatic carbocycles. The van der Waals surface area contributed by atoms with Gasteiger partial charge in [-0.15, -0.1) is 0 Å². The van der Waals surface area contributed by atoms with Crippen LogP contribution in [0.15, 0.2) is 0 Å². The summed E-state index contributed by atoms with van der Waals surface area (Å²) < 4.78 is 22.2. The normalized spacial score (nSPS) is 25.8. The maximum absolute atomic E-state index is 12.1. The van der Waals surface area contributed by atoms with E-state index in [2.05, 4.69) is 5.32 Å². The number of sulfone groups is 1. The summed E-state index contributed by atoms with van der Waals surface area (Å²) in [5.41, 5.74) is 0. The van der Waals surface area contributed by atoms with Crippen LogP contribution in [0.4, 0.5) is 4.79 Å². The van der Waals surface area contributed by atoms with Crippen LogP contribution >= 0.6 is 0 Å². The fourth-order valence-electron chi connectivity index (χ4n) is 2.58. The van der Waals surface area contributed by atoms with Crippen LogP contribution in [-0.4, -0.2) is 49.3 Å². The average Bonchev–Trinajstić information content (AvgIpc) is 2.83. The van der Waals surface area contributed by atoms with Crippen molar-refractivity contribution in [2.75, 3.05) is 12.0 Å². The zero-order valence-electron chi connectivity index (χ0n) is 10.4. The summed E-state index contributed by atoms with van der Waals surface area (Å²) in [7, 11) is -3.11. The summed E-state index contributed by atoms with van der Waals surface area (Å²) in [6.45, 7) is 0. The van der Waals surface area contributed by atoms with Crippen LogP contribution in [0.25, 0.3) is 0 Å². The molecule has 1 heterocycles. The molecule has 1 aliphatic carbocycles. The number of urea groups is 1. The van der Waals surface area contributed by atoms with Gasteiger partial charge in [0.25, 0.3) is 5.91 Å². The molecule has 0 spiro atoms. The van der Waals surface area contributed by atoms with Gasteiger partial charge in [-0.25, -0.2) is 13.2 Å². The second kappa shape index (κ2) is 4.87. The van der Waals surface area contributed by atoms with Gasteiger partial charge in [-0.2, -0.15) is 0 Å². The first-order chi connectivity index (χ1) is 8.38. The van der Waals surface area contributed by atoms with E-state index in [4.69, 9.17) is 0 Å². The second-order valence-electron chi connectivity index (χ2n) is 5.07. The van der Waals surface area contributed by atoms with Crippen LogP contribution < -0.4 is 5.32 Å². The molecule has 0 radical (unpaired) electrons. The van der Waals surface area contributed by atoms with Gasteiger partial charge in [0.2, 0.25) is 0 Å². The molecule has 102 valence electrons. The molecule has 2 fully saturated rings. The number of amides is 3. The van der Waals surface area contributed by atoms with E-state index in [-0.39, 0.29) is 30.2 Å². The van der Waals surface area contributed by atoms with Crippen LogP contribution in [0.5, 0.6) is 0 Å². The number of hydrogen-bond donors (Lipinski definition) is 1. The SMILES string of the molecule is CS(=O)(=O)CCC1NC(=O)N(C2CCCC2)C1=O. The number of nitrogens with zero attached hydrogens (tertiary/aromatic N) is 1. The number of imide groups is 1. The Bertz CT molecular complexity index is 454. The fourth-order valence-corrected chi connectivity index (χ4v) is 3.25. The van der Waals surface area contributed by atoms with Crippen molar-refractivity contribution in [3.8, 4) is 0 Å². The zero-order chi connectivity index (χ0) is 13.3. The molecule has 2 rings (SSSR count). The Balaban J connectivity index is 2.00. The van der Waals surface area contributed by atoms with Crippen molar-refractivity contribution in [1.29, 1.82) is 0 Å². The highest BCUT2D eigenvalue weighted by Crippen LogP contribution is 2.26. The molecule has 6 nitrogen and oxygen atoms in total. The van der Waals surface area contributed by atoms with Crippen LogP contribution in [0.1, 0.15) is 32.1 Å². The first kappa shape index (κ1) is 13.3. The molecule has 1 saturated carbocycles. The van der Waals surface area contributed by atoms with Gasteiger partial charge in [-0.05, 0) is 19.3 Å². The number of carbonyl (C=O) groups excluding carboxylic acids is 2. The first-order valence-corrected chi connectivity index (χ1v) is 8.26. The number of carbonyl (C=O) groups is 2. The van der Waals surface area contributed by atoms with E-state index in [1.165, 1.54) is 4.90 Å². The van der Waals surface area contributed by atoms with E-state index < -0.39 is 15.9 Å². The van der Waals surface area contributed by atoms with E-state index in [1.807, 2.05) is 0 Å². The Kier molecular flexibility index (Phi) is 3.61. The van der Waals surface area contributed by atoms with Crippen molar-refractivity contribution >= 4 is 21.8 Å². The Morgan fingerprint density at radius 1 is 1.28 bits per heavy atom. The Morgan fingerprint density at radius 2 is 1.89 bits per heavy atom. The average molecular weight is 274 g/mol. The lowest BCUT2D eigenvalue weighted by Crippen LogP contribution is -2.39. The van der Waals surface area contributed by atoms with Gasteiger partial charge in [0, 0.05) is 12.3 Å². The predicted molar refractivity (Wildman–Crippen MR) is 65.7 cm³/mol. The van der Waals surface area contributed by atoms with Gasteiger partial charge in [0.1, 0.15) is 15.9 Å². The molecule has 18 heavy (non-hydrogen) atoms. The van der Waals surface area contributed by atoms with Crippen LogP contribution in [0, 0.1) is 0 Å². The lowest BCUT2D eigenvalue weighted by molar-refractivity contribution is -0.129. The van der Waals surface area contributed by atoms with Crippen LogP contribution in [0.2, 0.25) is 0 Å². The molecule has 1 saturated heterocycles. The van der Waals surface area contributed by atoms with Crippen molar-refractivity contribution in [3.05, 3.63) is 0 Å². The summed E-state index contributed by atoms with van der Waals surface area (Å²) in [5.74, 6) is -0.349. The summed E-state index contributed by atoms with van der Waals surface area (Å²) >= 11 is 0. The van der Waals surface area contributed by atoms with Gasteiger partial charge in [0.15, 0.2) is 0 Å². The van der Waals surface area contributed by atoms with Crippen molar-refractivity contribution in [1.82, 2.24) is 10.2 Å². The minimum Gasteiger partial charge on any atom is -0.326 e. The summed E-state index contributed by atoms with van der Waals surface area (Å²) in [6.07, 6.45) is 5.08. The molecular weight excluding hydrogens is 256 g/mol. The molecule has 1 N–H and O–H groups in total. The molecule has 0 aromatic heterocycles. The summed E-state index contributed by atoms with van der Waals surface area (Å²) in [5, 5.41) is 2.58. The predicted octanol–water partition coefficient (Wildman–Crippen LogP) is 0.284. The van der Waals surface area contributed by atoms with Gasteiger partial charge < -0.3 is 5.32 Å². The Hall–Kier alpha value is -1.11. The lowest BCUT2D eigenvalue weighted by atomic mass is 10.2. The van der Waals surface area contributed by atoms with Gasteiger partial charge in [-0.3, -0.25) is 9.69 Å². The fraction of sp³-hybridized carbons (Fsp3) is 0.818. The molecule has 2 aliphatic rings. The van der Waals surface area contributed by atoms with Crippen molar-refractivity contribution in [2.24, 2.45) is 0 Å². The molecule has 1 atom stereocenters. The third-order valence-corrected chi connectivity index (χ3v) is 4.50. The molecule has 7 heteroatoms. The Morgan fingerprint density at radius 3 is 2.44 bits per heavy atom. The lowest BCUT2D eigenvalue weighted by Gasteiger charge is -2.20. The van der Waals surface area contributed by atoms with E-state index in [1.54, 1.807) is 0 Å². The number of rotatable bonds is 4. The zero-order valence-corrected chi connectivity index (χ0v) is 11.2. The molecule has 0 bridgehead atoms. The number of nitrogens with one attached hydrogen (secondary N) is 1. The summed E-state index contributed by atoms with van der Waals surface area (Å²) in [4.78, 5) is 25.1. The third kappa shape index (κ3) is 2.82. The van der Waals surface area contributed by atoms with E-state index in [0.29, 0.717) is 0 Å². The second-order valence-corrected chi connectivity index (χ2v) is 7.33. The highest BCUT2D eigenvalue weighted by atomic mass is 32.2. The van der Waals surface area contributed by atoms with E-state index in [0.717, 1.165) is 31.9 Å². The highest BCUT2D eigenvalue weighted by molar-refractivity contribution is 7.90.